The molecule has 10 aromatic carbocycles. The number of anilines is 6. The summed E-state index contributed by atoms with van der Waals surface area (Å²) in [6, 6.07) is 85.2. The summed E-state index contributed by atoms with van der Waals surface area (Å²) in [5.74, 6) is 1.03. The fourth-order valence-corrected chi connectivity index (χ4v) is 12.9. The molecule has 356 valence electrons. The van der Waals surface area contributed by atoms with Gasteiger partial charge in [-0.05, 0) is 171 Å². The molecule has 0 radical (unpaired) electrons. The molecule has 0 atom stereocenters. The summed E-state index contributed by atoms with van der Waals surface area (Å²) in [5, 5.41) is 1.17. The SMILES string of the molecule is CC1(C)c2ccccc2-c2ccc(N(c3ccc(-c4ccc(N(c5ccc(-c6ccccc6)cc5)c5ccc6c(c5)C(C)(C)c5oc7ccccc7c5-6)cc4)cc3)c3ccc4c(c3)C(C)(C)c3ccccc3-4)cc21. The van der Waals surface area contributed by atoms with Crippen LogP contribution in [-0.4, -0.2) is 0 Å². The molecule has 0 fully saturated rings. The number of hydrogen-bond acceptors (Lipinski definition) is 3. The lowest BCUT2D eigenvalue weighted by Gasteiger charge is -2.30. The van der Waals surface area contributed by atoms with Crippen LogP contribution in [0.5, 0.6) is 0 Å². The van der Waals surface area contributed by atoms with Gasteiger partial charge in [0.25, 0.3) is 0 Å². The standard InChI is InChI=1S/C71H56N2O/c1-69(2)61-21-13-10-18-55(61)57-39-36-53(42-63(57)69)73(54-37-40-58-56-19-11-14-22-62(56)70(3,4)64(58)43-54)51-34-28-48(29-35-51)47-26-32-50(33-27-47)72(49-30-24-46(25-31-49)45-16-8-7-9-17-45)52-38-41-59-65(44-52)71(5,6)68-67(59)60-20-12-15-23-66(60)74-68/h7-44H,1-6H3. The highest BCUT2D eigenvalue weighted by Crippen LogP contribution is 2.56. The third kappa shape index (κ3) is 6.59. The third-order valence-corrected chi connectivity index (χ3v) is 16.8. The zero-order valence-corrected chi connectivity index (χ0v) is 42.7. The third-order valence-electron chi connectivity index (χ3n) is 16.8. The van der Waals surface area contributed by atoms with Gasteiger partial charge in [0.15, 0.2) is 0 Å². The molecule has 0 aliphatic heterocycles. The first kappa shape index (κ1) is 44.1. The van der Waals surface area contributed by atoms with E-state index in [0.717, 1.165) is 56.6 Å². The zero-order valence-electron chi connectivity index (χ0n) is 42.7. The largest absolute Gasteiger partial charge is 0.459 e. The van der Waals surface area contributed by atoms with Gasteiger partial charge in [0.1, 0.15) is 11.3 Å². The predicted octanol–water partition coefficient (Wildman–Crippen LogP) is 19.6. The van der Waals surface area contributed by atoms with E-state index in [2.05, 4.69) is 282 Å². The van der Waals surface area contributed by atoms with Crippen molar-refractivity contribution in [3.8, 4) is 55.6 Å². The highest BCUT2D eigenvalue weighted by Gasteiger charge is 2.42. The highest BCUT2D eigenvalue weighted by atomic mass is 16.3. The summed E-state index contributed by atoms with van der Waals surface area (Å²) in [7, 11) is 0. The molecule has 3 aliphatic rings. The normalized spacial score (nSPS) is 14.7. The first-order valence-electron chi connectivity index (χ1n) is 26.1. The molecule has 0 unspecified atom stereocenters. The van der Waals surface area contributed by atoms with Crippen molar-refractivity contribution in [2.45, 2.75) is 57.8 Å². The fourth-order valence-electron chi connectivity index (χ4n) is 12.9. The summed E-state index contributed by atoms with van der Waals surface area (Å²) in [6.45, 7) is 14.0. The second-order valence-electron chi connectivity index (χ2n) is 22.1. The van der Waals surface area contributed by atoms with Gasteiger partial charge in [-0.2, -0.15) is 0 Å². The quantitative estimate of drug-likeness (QED) is 0.151. The Hall–Kier alpha value is -8.66. The van der Waals surface area contributed by atoms with Crippen molar-refractivity contribution in [3.05, 3.63) is 264 Å². The van der Waals surface area contributed by atoms with E-state index in [1.54, 1.807) is 0 Å². The first-order valence-corrected chi connectivity index (χ1v) is 26.1. The van der Waals surface area contributed by atoms with Gasteiger partial charge in [-0.1, -0.05) is 179 Å². The topological polar surface area (TPSA) is 19.6 Å². The van der Waals surface area contributed by atoms with Crippen LogP contribution in [0.25, 0.3) is 66.6 Å². The molecule has 0 spiro atoms. The Kier molecular flexibility index (Phi) is 9.63. The Morgan fingerprint density at radius 3 is 1.12 bits per heavy atom. The molecule has 3 aliphatic carbocycles. The van der Waals surface area contributed by atoms with E-state index in [1.807, 2.05) is 0 Å². The van der Waals surface area contributed by atoms with Gasteiger partial charge in [-0.3, -0.25) is 0 Å². The lowest BCUT2D eigenvalue weighted by molar-refractivity contribution is 0.465. The van der Waals surface area contributed by atoms with Crippen molar-refractivity contribution < 1.29 is 4.42 Å². The van der Waals surface area contributed by atoms with Crippen LogP contribution in [0.3, 0.4) is 0 Å². The molecule has 0 amide bonds. The summed E-state index contributed by atoms with van der Waals surface area (Å²) in [6.07, 6.45) is 0. The van der Waals surface area contributed by atoms with Crippen LogP contribution in [0.4, 0.5) is 34.1 Å². The Morgan fingerprint density at radius 1 is 0.284 bits per heavy atom. The van der Waals surface area contributed by atoms with Gasteiger partial charge < -0.3 is 14.2 Å². The van der Waals surface area contributed by atoms with E-state index < -0.39 is 0 Å². The zero-order chi connectivity index (χ0) is 50.1. The van der Waals surface area contributed by atoms with Crippen LogP contribution in [-0.2, 0) is 16.2 Å². The Bertz CT molecular complexity index is 3920. The van der Waals surface area contributed by atoms with E-state index in [0.29, 0.717) is 0 Å². The van der Waals surface area contributed by atoms with Crippen LogP contribution in [0.2, 0.25) is 0 Å². The maximum atomic E-state index is 6.61. The molecule has 1 heterocycles. The van der Waals surface area contributed by atoms with Crippen molar-refractivity contribution in [2.75, 3.05) is 9.80 Å². The molecule has 74 heavy (non-hydrogen) atoms. The minimum absolute atomic E-state index is 0.122. The van der Waals surface area contributed by atoms with Crippen LogP contribution in [0, 0.1) is 0 Å². The summed E-state index contributed by atoms with van der Waals surface area (Å²) < 4.78 is 6.61. The van der Waals surface area contributed by atoms with Crippen molar-refractivity contribution in [1.29, 1.82) is 0 Å². The number of hydrogen-bond donors (Lipinski definition) is 0. The highest BCUT2D eigenvalue weighted by molar-refractivity contribution is 6.01. The van der Waals surface area contributed by atoms with Gasteiger partial charge in [0.05, 0.1) is 0 Å². The minimum Gasteiger partial charge on any atom is -0.459 e. The Labute approximate surface area is 434 Å². The lowest BCUT2D eigenvalue weighted by Crippen LogP contribution is -2.18. The monoisotopic (exact) mass is 952 g/mol. The molecule has 0 saturated heterocycles. The summed E-state index contributed by atoms with van der Waals surface area (Å²) in [5.41, 5.74) is 26.3. The lowest BCUT2D eigenvalue weighted by atomic mass is 9.82. The molecular weight excluding hydrogens is 897 g/mol. The molecule has 0 N–H and O–H groups in total. The van der Waals surface area contributed by atoms with E-state index in [9.17, 15) is 0 Å². The van der Waals surface area contributed by atoms with E-state index in [-0.39, 0.29) is 16.2 Å². The second kappa shape index (κ2) is 16.2. The summed E-state index contributed by atoms with van der Waals surface area (Å²) >= 11 is 0. The van der Waals surface area contributed by atoms with Crippen molar-refractivity contribution in [1.82, 2.24) is 0 Å². The van der Waals surface area contributed by atoms with Gasteiger partial charge in [0.2, 0.25) is 0 Å². The first-order chi connectivity index (χ1) is 35.9. The van der Waals surface area contributed by atoms with Crippen LogP contribution >= 0.6 is 0 Å². The molecule has 14 rings (SSSR count). The molecule has 3 nitrogen and oxygen atoms in total. The Balaban J connectivity index is 0.837. The summed E-state index contributed by atoms with van der Waals surface area (Å²) in [4.78, 5) is 4.85. The molecular formula is C71H56N2O. The molecule has 0 bridgehead atoms. The maximum absolute atomic E-state index is 6.61. The van der Waals surface area contributed by atoms with E-state index in [4.69, 9.17) is 4.42 Å². The van der Waals surface area contributed by atoms with Crippen molar-refractivity contribution in [2.24, 2.45) is 0 Å². The fraction of sp³-hybridized carbons (Fsp3) is 0.127. The molecule has 11 aromatic rings. The number of fused-ring (bicyclic) bond motifs is 11. The minimum atomic E-state index is -0.305. The average Bonchev–Trinajstić information content (AvgIpc) is 4.08. The van der Waals surface area contributed by atoms with Crippen LogP contribution < -0.4 is 9.80 Å². The molecule has 1 aromatic heterocycles. The van der Waals surface area contributed by atoms with Gasteiger partial charge >= 0.3 is 0 Å². The number of para-hydroxylation sites is 1. The predicted molar refractivity (Wildman–Crippen MR) is 309 cm³/mol. The van der Waals surface area contributed by atoms with Crippen molar-refractivity contribution >= 4 is 45.1 Å². The van der Waals surface area contributed by atoms with Gasteiger partial charge in [-0.15, -0.1) is 0 Å². The van der Waals surface area contributed by atoms with Crippen LogP contribution in [0.15, 0.2) is 235 Å². The number of nitrogens with zero attached hydrogens (tertiary/aromatic N) is 2. The van der Waals surface area contributed by atoms with Crippen LogP contribution in [0.1, 0.15) is 75.1 Å². The van der Waals surface area contributed by atoms with Gasteiger partial charge in [-0.25, -0.2) is 0 Å². The smallest absolute Gasteiger partial charge is 0.134 e. The second-order valence-corrected chi connectivity index (χ2v) is 22.1. The van der Waals surface area contributed by atoms with E-state index >= 15 is 0 Å². The Morgan fingerprint density at radius 2 is 0.635 bits per heavy atom. The van der Waals surface area contributed by atoms with Gasteiger partial charge in [0, 0.05) is 61.3 Å². The number of rotatable bonds is 8. The van der Waals surface area contributed by atoms with Crippen molar-refractivity contribution in [3.63, 3.8) is 0 Å². The number of furan rings is 1. The van der Waals surface area contributed by atoms with E-state index in [1.165, 1.54) is 77.7 Å². The number of benzene rings is 10. The molecule has 0 saturated carbocycles. The maximum Gasteiger partial charge on any atom is 0.134 e. The average molecular weight is 953 g/mol. The molecule has 3 heteroatoms.